The van der Waals surface area contributed by atoms with Gasteiger partial charge in [-0.2, -0.15) is 0 Å². The zero-order valence-corrected chi connectivity index (χ0v) is 11.1. The van der Waals surface area contributed by atoms with E-state index in [1.54, 1.807) is 20.8 Å². The Morgan fingerprint density at radius 2 is 1.72 bits per heavy atom. The number of rotatable bonds is 4. The third-order valence-corrected chi connectivity index (χ3v) is 2.02. The van der Waals surface area contributed by atoms with E-state index < -0.39 is 35.6 Å². The average Bonchev–Trinajstić information content (AvgIpc) is 2.21. The van der Waals surface area contributed by atoms with Gasteiger partial charge in [0, 0.05) is 0 Å². The lowest BCUT2D eigenvalue weighted by molar-refractivity contribution is -0.152. The van der Waals surface area contributed by atoms with Crippen molar-refractivity contribution in [1.82, 2.24) is 5.32 Å². The number of ether oxygens (including phenoxy) is 2. The van der Waals surface area contributed by atoms with Crippen molar-refractivity contribution in [3.8, 4) is 0 Å². The van der Waals surface area contributed by atoms with Gasteiger partial charge < -0.3 is 19.9 Å². The standard InChI is InChI=1S/C11H19NO6/c1-6(8(13)14)7(9(15)17-5)12-10(16)18-11(2,3)4/h6-7H,1-5H3,(H,12,16)(H,13,14). The smallest absolute Gasteiger partial charge is 0.408 e. The van der Waals surface area contributed by atoms with Gasteiger partial charge in [0.2, 0.25) is 0 Å². The lowest BCUT2D eigenvalue weighted by Gasteiger charge is -2.24. The van der Waals surface area contributed by atoms with Crippen molar-refractivity contribution in [3.63, 3.8) is 0 Å². The minimum atomic E-state index is -1.29. The Hall–Kier alpha value is -1.79. The number of aliphatic carboxylic acids is 1. The zero-order valence-electron chi connectivity index (χ0n) is 11.1. The van der Waals surface area contributed by atoms with Crippen LogP contribution in [0, 0.1) is 5.92 Å². The number of alkyl carbamates (subject to hydrolysis) is 1. The first-order valence-electron chi connectivity index (χ1n) is 5.38. The van der Waals surface area contributed by atoms with Crippen molar-refractivity contribution in [2.24, 2.45) is 5.92 Å². The molecule has 0 aliphatic rings. The SMILES string of the molecule is COC(=O)C(NC(=O)OC(C)(C)C)C(C)C(=O)O. The van der Waals surface area contributed by atoms with Crippen LogP contribution in [0.5, 0.6) is 0 Å². The van der Waals surface area contributed by atoms with Crippen LogP contribution in [0.3, 0.4) is 0 Å². The Morgan fingerprint density at radius 3 is 2.06 bits per heavy atom. The summed E-state index contributed by atoms with van der Waals surface area (Å²) in [4.78, 5) is 33.7. The van der Waals surface area contributed by atoms with Crippen LogP contribution < -0.4 is 5.32 Å². The summed E-state index contributed by atoms with van der Waals surface area (Å²) in [5.74, 6) is -3.18. The number of hydrogen-bond donors (Lipinski definition) is 2. The molecule has 0 spiro atoms. The van der Waals surface area contributed by atoms with Crippen molar-refractivity contribution in [1.29, 1.82) is 0 Å². The van der Waals surface area contributed by atoms with E-state index in [1.165, 1.54) is 6.92 Å². The number of nitrogens with one attached hydrogen (secondary N) is 1. The van der Waals surface area contributed by atoms with Crippen molar-refractivity contribution in [3.05, 3.63) is 0 Å². The Balaban J connectivity index is 4.76. The van der Waals surface area contributed by atoms with Crippen molar-refractivity contribution < 1.29 is 29.0 Å². The first-order chi connectivity index (χ1) is 8.08. The van der Waals surface area contributed by atoms with E-state index in [1.807, 2.05) is 0 Å². The van der Waals surface area contributed by atoms with E-state index in [4.69, 9.17) is 9.84 Å². The molecule has 18 heavy (non-hydrogen) atoms. The predicted molar refractivity (Wildman–Crippen MR) is 62.0 cm³/mol. The second-order valence-electron chi connectivity index (χ2n) is 4.77. The highest BCUT2D eigenvalue weighted by atomic mass is 16.6. The van der Waals surface area contributed by atoms with Gasteiger partial charge in [0.05, 0.1) is 13.0 Å². The molecule has 2 N–H and O–H groups in total. The van der Waals surface area contributed by atoms with Crippen LogP contribution in [0.15, 0.2) is 0 Å². The summed E-state index contributed by atoms with van der Waals surface area (Å²) in [6.45, 7) is 6.25. The Bertz CT molecular complexity index is 333. The topological polar surface area (TPSA) is 102 Å². The molecule has 0 saturated carbocycles. The first kappa shape index (κ1) is 16.2. The van der Waals surface area contributed by atoms with Crippen LogP contribution in [-0.2, 0) is 19.1 Å². The molecule has 2 unspecified atom stereocenters. The maximum atomic E-state index is 11.5. The third kappa shape index (κ3) is 5.51. The predicted octanol–water partition coefficient (Wildman–Crippen LogP) is 0.773. The minimum absolute atomic E-state index is 0.739. The molecule has 0 aliphatic heterocycles. The monoisotopic (exact) mass is 261 g/mol. The molecule has 0 bridgehead atoms. The molecule has 104 valence electrons. The Labute approximate surface area is 105 Å². The molecule has 1 amide bonds. The van der Waals surface area contributed by atoms with Gasteiger partial charge in [-0.05, 0) is 27.7 Å². The Kier molecular flexibility index (Phi) is 5.61. The van der Waals surface area contributed by atoms with Gasteiger partial charge >= 0.3 is 18.0 Å². The zero-order chi connectivity index (χ0) is 14.5. The van der Waals surface area contributed by atoms with Gasteiger partial charge in [-0.15, -0.1) is 0 Å². The molecule has 0 rings (SSSR count). The summed E-state index contributed by atoms with van der Waals surface area (Å²) in [5, 5.41) is 11.0. The quantitative estimate of drug-likeness (QED) is 0.725. The summed E-state index contributed by atoms with van der Waals surface area (Å²) in [6.07, 6.45) is -0.869. The van der Waals surface area contributed by atoms with E-state index in [2.05, 4.69) is 10.1 Å². The lowest BCUT2D eigenvalue weighted by Crippen LogP contribution is -2.49. The van der Waals surface area contributed by atoms with E-state index in [-0.39, 0.29) is 0 Å². The van der Waals surface area contributed by atoms with Crippen LogP contribution in [0.4, 0.5) is 4.79 Å². The largest absolute Gasteiger partial charge is 0.481 e. The number of carbonyl (C=O) groups is 3. The molecule has 0 aliphatic carbocycles. The third-order valence-electron chi connectivity index (χ3n) is 2.02. The fourth-order valence-corrected chi connectivity index (χ4v) is 1.09. The second kappa shape index (κ2) is 6.23. The summed E-state index contributed by atoms with van der Waals surface area (Å²) >= 11 is 0. The highest BCUT2D eigenvalue weighted by molar-refractivity contribution is 5.87. The molecule has 2 atom stereocenters. The summed E-state index contributed by atoms with van der Waals surface area (Å²) < 4.78 is 9.38. The fourth-order valence-electron chi connectivity index (χ4n) is 1.09. The highest BCUT2D eigenvalue weighted by Gasteiger charge is 2.33. The van der Waals surface area contributed by atoms with Crippen molar-refractivity contribution >= 4 is 18.0 Å². The van der Waals surface area contributed by atoms with Gasteiger partial charge in [0.15, 0.2) is 0 Å². The van der Waals surface area contributed by atoms with Crippen molar-refractivity contribution in [2.75, 3.05) is 7.11 Å². The molecule has 0 heterocycles. The molecule has 0 aromatic carbocycles. The van der Waals surface area contributed by atoms with Crippen LogP contribution in [0.1, 0.15) is 27.7 Å². The molecule has 0 radical (unpaired) electrons. The maximum absolute atomic E-state index is 11.5. The molecule has 7 heteroatoms. The summed E-state index contributed by atoms with van der Waals surface area (Å²) in [7, 11) is 1.11. The molecule has 0 aromatic heterocycles. The van der Waals surface area contributed by atoms with Crippen LogP contribution in [-0.4, -0.2) is 41.9 Å². The van der Waals surface area contributed by atoms with E-state index in [0.29, 0.717) is 0 Å². The molecule has 0 fully saturated rings. The maximum Gasteiger partial charge on any atom is 0.408 e. The Morgan fingerprint density at radius 1 is 1.22 bits per heavy atom. The summed E-state index contributed by atoms with van der Waals surface area (Å²) in [6, 6.07) is -1.29. The number of carboxylic acid groups (broad SMARTS) is 1. The summed E-state index contributed by atoms with van der Waals surface area (Å²) in [5.41, 5.74) is -0.739. The molecular weight excluding hydrogens is 242 g/mol. The fraction of sp³-hybridized carbons (Fsp3) is 0.727. The molecule has 0 aromatic rings. The number of carboxylic acids is 1. The molecule has 7 nitrogen and oxygen atoms in total. The number of esters is 1. The van der Waals surface area contributed by atoms with Crippen molar-refractivity contribution in [2.45, 2.75) is 39.3 Å². The van der Waals surface area contributed by atoms with Crippen LogP contribution in [0.25, 0.3) is 0 Å². The van der Waals surface area contributed by atoms with Gasteiger partial charge in [-0.3, -0.25) is 4.79 Å². The van der Waals surface area contributed by atoms with Crippen LogP contribution >= 0.6 is 0 Å². The molecule has 0 saturated heterocycles. The van der Waals surface area contributed by atoms with Gasteiger partial charge in [0.1, 0.15) is 11.6 Å². The number of methoxy groups -OCH3 is 1. The first-order valence-corrected chi connectivity index (χ1v) is 5.38. The van der Waals surface area contributed by atoms with Gasteiger partial charge in [-0.25, -0.2) is 9.59 Å². The number of amides is 1. The normalized spacial score (nSPS) is 14.3. The second-order valence-corrected chi connectivity index (χ2v) is 4.77. The van der Waals surface area contributed by atoms with E-state index >= 15 is 0 Å². The average molecular weight is 261 g/mol. The van der Waals surface area contributed by atoms with E-state index in [0.717, 1.165) is 7.11 Å². The van der Waals surface area contributed by atoms with Crippen LogP contribution in [0.2, 0.25) is 0 Å². The number of hydrogen-bond acceptors (Lipinski definition) is 5. The minimum Gasteiger partial charge on any atom is -0.481 e. The molecular formula is C11H19NO6. The number of carbonyl (C=O) groups excluding carboxylic acids is 2. The van der Waals surface area contributed by atoms with Gasteiger partial charge in [0.25, 0.3) is 0 Å². The lowest BCUT2D eigenvalue weighted by atomic mass is 10.0. The van der Waals surface area contributed by atoms with E-state index in [9.17, 15) is 14.4 Å². The van der Waals surface area contributed by atoms with Gasteiger partial charge in [-0.1, -0.05) is 0 Å². The highest BCUT2D eigenvalue weighted by Crippen LogP contribution is 2.10.